The highest BCUT2D eigenvalue weighted by atomic mass is 32.1. The first kappa shape index (κ1) is 14.6. The second-order valence-corrected chi connectivity index (χ2v) is 6.46. The Hall–Kier alpha value is -1.99. The maximum Gasteiger partial charge on any atom is 0.205 e. The molecule has 0 spiro atoms. The van der Waals surface area contributed by atoms with Gasteiger partial charge in [0.1, 0.15) is 12.1 Å². The van der Waals surface area contributed by atoms with E-state index in [0.717, 1.165) is 53.9 Å². The Kier molecular flexibility index (Phi) is 3.97. The summed E-state index contributed by atoms with van der Waals surface area (Å²) in [6.45, 7) is 2.33. The van der Waals surface area contributed by atoms with Crippen LogP contribution in [-0.2, 0) is 11.3 Å². The average Bonchev–Trinajstić information content (AvgIpc) is 3.22. The van der Waals surface area contributed by atoms with Crippen LogP contribution in [0.5, 0.6) is 0 Å². The number of nitrogens with zero attached hydrogens (tertiary/aromatic N) is 4. The highest BCUT2D eigenvalue weighted by Crippen LogP contribution is 2.31. The summed E-state index contributed by atoms with van der Waals surface area (Å²) in [5.74, 6) is 1.87. The van der Waals surface area contributed by atoms with Gasteiger partial charge in [0.05, 0.1) is 5.92 Å². The van der Waals surface area contributed by atoms with Gasteiger partial charge in [0.25, 0.3) is 0 Å². The van der Waals surface area contributed by atoms with E-state index in [4.69, 9.17) is 9.15 Å². The van der Waals surface area contributed by atoms with E-state index < -0.39 is 0 Å². The van der Waals surface area contributed by atoms with E-state index in [9.17, 15) is 0 Å². The number of methoxy groups -OCH3 is 1. The number of piperidine rings is 1. The summed E-state index contributed by atoms with van der Waals surface area (Å²) in [7, 11) is 1.66. The molecule has 0 bridgehead atoms. The van der Waals surface area contributed by atoms with Crippen LogP contribution in [0.2, 0.25) is 0 Å². The SMILES string of the molecule is COCc1nsc(N2CCCC(c3nc4ccccc4o3)C2)n1. The number of ether oxygens (including phenoxy) is 1. The fourth-order valence-electron chi connectivity index (χ4n) is 2.98. The Morgan fingerprint density at radius 1 is 1.35 bits per heavy atom. The van der Waals surface area contributed by atoms with E-state index in [-0.39, 0.29) is 0 Å². The van der Waals surface area contributed by atoms with E-state index in [1.165, 1.54) is 11.5 Å². The van der Waals surface area contributed by atoms with Gasteiger partial charge in [-0.3, -0.25) is 0 Å². The predicted molar refractivity (Wildman–Crippen MR) is 88.8 cm³/mol. The molecule has 3 heterocycles. The molecule has 1 fully saturated rings. The Morgan fingerprint density at radius 3 is 3.13 bits per heavy atom. The normalized spacial score (nSPS) is 18.7. The molecule has 6 nitrogen and oxygen atoms in total. The minimum absolute atomic E-state index is 0.297. The van der Waals surface area contributed by atoms with Crippen LogP contribution in [0.25, 0.3) is 11.1 Å². The zero-order valence-electron chi connectivity index (χ0n) is 12.9. The van der Waals surface area contributed by atoms with E-state index in [0.29, 0.717) is 12.5 Å². The van der Waals surface area contributed by atoms with Crippen LogP contribution in [0, 0.1) is 0 Å². The van der Waals surface area contributed by atoms with Crippen molar-refractivity contribution in [3.05, 3.63) is 36.0 Å². The number of hydrogen-bond acceptors (Lipinski definition) is 7. The third kappa shape index (κ3) is 2.94. The Balaban J connectivity index is 1.53. The molecule has 1 saturated heterocycles. The smallest absolute Gasteiger partial charge is 0.205 e. The summed E-state index contributed by atoms with van der Waals surface area (Å²) in [5.41, 5.74) is 1.79. The molecule has 1 unspecified atom stereocenters. The molecular weight excluding hydrogens is 312 g/mol. The van der Waals surface area contributed by atoms with Crippen LogP contribution in [0.1, 0.15) is 30.5 Å². The summed E-state index contributed by atoms with van der Waals surface area (Å²) in [5, 5.41) is 0.956. The minimum atomic E-state index is 0.297. The van der Waals surface area contributed by atoms with E-state index >= 15 is 0 Å². The number of hydrogen-bond donors (Lipinski definition) is 0. The minimum Gasteiger partial charge on any atom is -0.440 e. The van der Waals surface area contributed by atoms with Crippen LogP contribution in [0.4, 0.5) is 5.13 Å². The lowest BCUT2D eigenvalue weighted by Crippen LogP contribution is -2.34. The highest BCUT2D eigenvalue weighted by Gasteiger charge is 2.27. The topological polar surface area (TPSA) is 64.3 Å². The van der Waals surface area contributed by atoms with Crippen molar-refractivity contribution in [1.29, 1.82) is 0 Å². The first-order chi connectivity index (χ1) is 11.3. The summed E-state index contributed by atoms with van der Waals surface area (Å²) in [6, 6.07) is 7.92. The summed E-state index contributed by atoms with van der Waals surface area (Å²) < 4.78 is 15.4. The third-order valence-corrected chi connectivity index (χ3v) is 4.90. The summed E-state index contributed by atoms with van der Waals surface area (Å²) in [6.07, 6.45) is 2.19. The van der Waals surface area contributed by atoms with Crippen molar-refractivity contribution >= 4 is 27.8 Å². The second-order valence-electron chi connectivity index (χ2n) is 5.73. The number of oxazole rings is 1. The van der Waals surface area contributed by atoms with Gasteiger partial charge in [-0.25, -0.2) is 9.97 Å². The Morgan fingerprint density at radius 2 is 2.26 bits per heavy atom. The third-order valence-electron chi connectivity index (χ3n) is 4.08. The molecule has 2 aromatic heterocycles. The molecule has 120 valence electrons. The standard InChI is InChI=1S/C16H18N4O2S/c1-21-10-14-18-16(23-19-14)20-8-4-5-11(9-20)15-17-12-6-2-3-7-13(12)22-15/h2-3,6-7,11H,4-5,8-10H2,1H3. The number of rotatable bonds is 4. The lowest BCUT2D eigenvalue weighted by molar-refractivity contribution is 0.179. The predicted octanol–water partition coefficient (Wildman–Crippen LogP) is 3.21. The Bertz CT molecular complexity index is 767. The molecule has 0 amide bonds. The van der Waals surface area contributed by atoms with E-state index in [2.05, 4.69) is 19.2 Å². The quantitative estimate of drug-likeness (QED) is 0.732. The van der Waals surface area contributed by atoms with Gasteiger partial charge in [-0.05, 0) is 25.0 Å². The van der Waals surface area contributed by atoms with Gasteiger partial charge in [-0.1, -0.05) is 12.1 Å². The van der Waals surface area contributed by atoms with Gasteiger partial charge >= 0.3 is 0 Å². The van der Waals surface area contributed by atoms with Gasteiger partial charge in [-0.2, -0.15) is 4.37 Å². The van der Waals surface area contributed by atoms with Crippen molar-refractivity contribution in [2.45, 2.75) is 25.4 Å². The monoisotopic (exact) mass is 330 g/mol. The van der Waals surface area contributed by atoms with Crippen molar-refractivity contribution in [2.24, 2.45) is 0 Å². The molecular formula is C16H18N4O2S. The van der Waals surface area contributed by atoms with Crippen molar-refractivity contribution in [3.8, 4) is 0 Å². The fourth-order valence-corrected chi connectivity index (χ4v) is 3.69. The van der Waals surface area contributed by atoms with Crippen molar-refractivity contribution in [2.75, 3.05) is 25.1 Å². The van der Waals surface area contributed by atoms with E-state index in [1.54, 1.807) is 7.11 Å². The zero-order valence-corrected chi connectivity index (χ0v) is 13.8. The maximum atomic E-state index is 5.95. The van der Waals surface area contributed by atoms with Gasteiger partial charge in [-0.15, -0.1) is 0 Å². The van der Waals surface area contributed by atoms with Gasteiger partial charge in [0.15, 0.2) is 17.3 Å². The van der Waals surface area contributed by atoms with Crippen molar-refractivity contribution in [3.63, 3.8) is 0 Å². The molecule has 1 aliphatic rings. The molecule has 7 heteroatoms. The lowest BCUT2D eigenvalue weighted by atomic mass is 9.98. The van der Waals surface area contributed by atoms with Crippen LogP contribution >= 0.6 is 11.5 Å². The molecule has 0 aliphatic carbocycles. The van der Waals surface area contributed by atoms with Gasteiger partial charge in [0, 0.05) is 31.7 Å². The summed E-state index contributed by atoms with van der Waals surface area (Å²) in [4.78, 5) is 11.5. The lowest BCUT2D eigenvalue weighted by Gasteiger charge is -2.30. The molecule has 4 rings (SSSR count). The molecule has 1 atom stereocenters. The maximum absolute atomic E-state index is 5.95. The molecule has 3 aromatic rings. The van der Waals surface area contributed by atoms with Gasteiger partial charge in [0.2, 0.25) is 5.13 Å². The number of anilines is 1. The fraction of sp³-hybridized carbons (Fsp3) is 0.438. The van der Waals surface area contributed by atoms with Crippen molar-refractivity contribution < 1.29 is 9.15 Å². The molecule has 0 N–H and O–H groups in total. The number of benzene rings is 1. The second kappa shape index (κ2) is 6.25. The van der Waals surface area contributed by atoms with Gasteiger partial charge < -0.3 is 14.1 Å². The van der Waals surface area contributed by atoms with Crippen LogP contribution in [0.3, 0.4) is 0 Å². The van der Waals surface area contributed by atoms with Crippen LogP contribution in [0.15, 0.2) is 28.7 Å². The van der Waals surface area contributed by atoms with E-state index in [1.807, 2.05) is 24.3 Å². The number of fused-ring (bicyclic) bond motifs is 1. The molecule has 1 aliphatic heterocycles. The number of aromatic nitrogens is 3. The largest absolute Gasteiger partial charge is 0.440 e. The molecule has 23 heavy (non-hydrogen) atoms. The molecule has 0 radical (unpaired) electrons. The van der Waals surface area contributed by atoms with Crippen molar-refractivity contribution in [1.82, 2.24) is 14.3 Å². The molecule has 1 aromatic carbocycles. The molecule has 0 saturated carbocycles. The summed E-state index contributed by atoms with van der Waals surface area (Å²) >= 11 is 1.43. The Labute approximate surface area is 138 Å². The zero-order chi connectivity index (χ0) is 15.6. The first-order valence-corrected chi connectivity index (χ1v) is 8.53. The number of para-hydroxylation sites is 2. The van der Waals surface area contributed by atoms with Crippen LogP contribution < -0.4 is 4.90 Å². The highest BCUT2D eigenvalue weighted by molar-refractivity contribution is 7.09. The first-order valence-electron chi connectivity index (χ1n) is 7.75. The van der Waals surface area contributed by atoms with Crippen LogP contribution in [-0.4, -0.2) is 34.5 Å². The average molecular weight is 330 g/mol.